The van der Waals surface area contributed by atoms with Crippen LogP contribution < -0.4 is 15.6 Å². The van der Waals surface area contributed by atoms with Gasteiger partial charge in [0.2, 0.25) is 0 Å². The molecule has 1 saturated heterocycles. The van der Waals surface area contributed by atoms with Crippen molar-refractivity contribution in [3.05, 3.63) is 41.9 Å². The third-order valence-corrected chi connectivity index (χ3v) is 5.74. The Balaban J connectivity index is 1.45. The predicted molar refractivity (Wildman–Crippen MR) is 99.0 cm³/mol. The van der Waals surface area contributed by atoms with Crippen molar-refractivity contribution in [3.63, 3.8) is 0 Å². The molecule has 0 bridgehead atoms. The van der Waals surface area contributed by atoms with Crippen LogP contribution in [0.15, 0.2) is 30.5 Å². The first-order chi connectivity index (χ1) is 12.8. The number of benzene rings is 1. The Morgan fingerprint density at radius 2 is 1.96 bits per heavy atom. The third kappa shape index (κ3) is 2.59. The van der Waals surface area contributed by atoms with Gasteiger partial charge in [-0.15, -0.1) is 0 Å². The highest BCUT2D eigenvalue weighted by molar-refractivity contribution is 5.70. The molecule has 2 fully saturated rings. The molecule has 26 heavy (non-hydrogen) atoms. The van der Waals surface area contributed by atoms with E-state index in [9.17, 15) is 0 Å². The highest BCUT2D eigenvalue weighted by Crippen LogP contribution is 2.35. The second-order valence-electron chi connectivity index (χ2n) is 7.27. The second kappa shape index (κ2) is 6.41. The van der Waals surface area contributed by atoms with Crippen LogP contribution in [0.2, 0.25) is 0 Å². The van der Waals surface area contributed by atoms with E-state index in [0.29, 0.717) is 6.04 Å². The van der Waals surface area contributed by atoms with Gasteiger partial charge < -0.3 is 9.72 Å². The lowest BCUT2D eigenvalue weighted by atomic mass is 9.94. The zero-order valence-corrected chi connectivity index (χ0v) is 14.9. The number of aromatic nitrogens is 4. The molecule has 2 aliphatic rings. The van der Waals surface area contributed by atoms with Crippen LogP contribution in [0.5, 0.6) is 5.75 Å². The molecule has 7 nitrogen and oxygen atoms in total. The van der Waals surface area contributed by atoms with Gasteiger partial charge in [0, 0.05) is 6.54 Å². The number of methoxy groups -OCH3 is 1. The second-order valence-corrected chi connectivity index (χ2v) is 7.27. The molecule has 0 radical (unpaired) electrons. The number of fused-ring (bicyclic) bond motifs is 1. The lowest BCUT2D eigenvalue weighted by molar-refractivity contribution is 0.414. The molecule has 0 spiro atoms. The first-order valence-electron chi connectivity index (χ1n) is 9.39. The molecule has 136 valence electrons. The van der Waals surface area contributed by atoms with Crippen molar-refractivity contribution in [1.82, 2.24) is 30.6 Å². The number of rotatable bonds is 4. The fourth-order valence-corrected chi connectivity index (χ4v) is 4.31. The van der Waals surface area contributed by atoms with Crippen LogP contribution in [0.4, 0.5) is 0 Å². The zero-order valence-electron chi connectivity index (χ0n) is 14.9. The van der Waals surface area contributed by atoms with Crippen molar-refractivity contribution in [1.29, 1.82) is 0 Å². The molecule has 1 aromatic carbocycles. The third-order valence-electron chi connectivity index (χ3n) is 5.74. The van der Waals surface area contributed by atoms with E-state index >= 15 is 0 Å². The quantitative estimate of drug-likeness (QED) is 0.673. The molecular weight excluding hydrogens is 328 g/mol. The summed E-state index contributed by atoms with van der Waals surface area (Å²) in [6, 6.07) is 8.90. The summed E-state index contributed by atoms with van der Waals surface area (Å²) in [5.74, 6) is 2.13. The van der Waals surface area contributed by atoms with E-state index in [1.165, 1.54) is 31.2 Å². The monoisotopic (exact) mass is 352 g/mol. The van der Waals surface area contributed by atoms with Crippen molar-refractivity contribution >= 4 is 11.2 Å². The van der Waals surface area contributed by atoms with Gasteiger partial charge in [-0.1, -0.05) is 25.0 Å². The molecule has 0 amide bonds. The van der Waals surface area contributed by atoms with E-state index in [0.717, 1.165) is 29.3 Å². The van der Waals surface area contributed by atoms with E-state index in [1.807, 2.05) is 18.3 Å². The molecule has 2 atom stereocenters. The van der Waals surface area contributed by atoms with Gasteiger partial charge in [0.05, 0.1) is 31.3 Å². The van der Waals surface area contributed by atoms with Crippen LogP contribution in [0.3, 0.4) is 0 Å². The summed E-state index contributed by atoms with van der Waals surface area (Å²) in [6.45, 7) is 0.837. The minimum Gasteiger partial charge on any atom is -0.497 e. The molecule has 2 unspecified atom stereocenters. The summed E-state index contributed by atoms with van der Waals surface area (Å²) in [5.41, 5.74) is 9.93. The topological polar surface area (TPSA) is 79.8 Å². The fraction of sp³-hybridized carbons (Fsp3) is 0.474. The molecular formula is C19H24N6O. The maximum absolute atomic E-state index is 5.27. The average Bonchev–Trinajstić information content (AvgIpc) is 3.44. The maximum atomic E-state index is 5.27. The highest BCUT2D eigenvalue weighted by atomic mass is 16.5. The van der Waals surface area contributed by atoms with E-state index in [4.69, 9.17) is 9.72 Å². The van der Waals surface area contributed by atoms with Crippen LogP contribution in [0.1, 0.15) is 55.1 Å². The summed E-state index contributed by atoms with van der Waals surface area (Å²) < 4.78 is 7.40. The lowest BCUT2D eigenvalue weighted by Gasteiger charge is -2.17. The summed E-state index contributed by atoms with van der Waals surface area (Å²) in [6.07, 6.45) is 6.92. The van der Waals surface area contributed by atoms with Gasteiger partial charge in [-0.2, -0.15) is 5.10 Å². The van der Waals surface area contributed by atoms with Crippen LogP contribution in [0, 0.1) is 0 Å². The smallest absolute Gasteiger partial charge is 0.176 e. The van der Waals surface area contributed by atoms with Gasteiger partial charge in [-0.25, -0.2) is 15.1 Å². The number of H-pyrrole nitrogens is 1. The molecule has 3 aromatic rings. The Kier molecular flexibility index (Phi) is 3.90. The Bertz CT molecular complexity index is 893. The Hall–Kier alpha value is -2.38. The number of ether oxygens (including phenoxy) is 1. The van der Waals surface area contributed by atoms with Crippen LogP contribution in [0.25, 0.3) is 11.2 Å². The van der Waals surface area contributed by atoms with Gasteiger partial charge in [-0.3, -0.25) is 5.43 Å². The average molecular weight is 352 g/mol. The van der Waals surface area contributed by atoms with Gasteiger partial charge in [0.15, 0.2) is 5.65 Å². The van der Waals surface area contributed by atoms with Crippen LogP contribution in [-0.2, 0) is 0 Å². The lowest BCUT2D eigenvalue weighted by Crippen LogP contribution is -2.24. The number of hydrogen-bond donors (Lipinski definition) is 3. The molecule has 7 heteroatoms. The molecule has 5 rings (SSSR count). The van der Waals surface area contributed by atoms with E-state index in [-0.39, 0.29) is 12.0 Å². The molecule has 3 N–H and O–H groups in total. The van der Waals surface area contributed by atoms with Crippen molar-refractivity contribution in [3.8, 4) is 5.75 Å². The summed E-state index contributed by atoms with van der Waals surface area (Å²) in [5, 5.41) is 4.58. The number of imidazole rings is 1. The molecule has 3 heterocycles. The Labute approximate surface area is 152 Å². The SMILES string of the molecule is COc1ccc(C2NNCC2c2nc3c(cnn3C3CCCC3)[nH]2)cc1. The van der Waals surface area contributed by atoms with Crippen LogP contribution >= 0.6 is 0 Å². The van der Waals surface area contributed by atoms with Crippen molar-refractivity contribution in [2.24, 2.45) is 0 Å². The summed E-state index contributed by atoms with van der Waals surface area (Å²) in [7, 11) is 1.69. The number of hydrogen-bond acceptors (Lipinski definition) is 5. The first kappa shape index (κ1) is 15.8. The molecule has 2 aromatic heterocycles. The van der Waals surface area contributed by atoms with Crippen molar-refractivity contribution < 1.29 is 4.74 Å². The van der Waals surface area contributed by atoms with E-state index in [1.54, 1.807) is 7.11 Å². The minimum absolute atomic E-state index is 0.170. The van der Waals surface area contributed by atoms with Crippen LogP contribution in [-0.4, -0.2) is 33.4 Å². The van der Waals surface area contributed by atoms with Gasteiger partial charge >= 0.3 is 0 Å². The van der Waals surface area contributed by atoms with E-state index in [2.05, 4.69) is 37.7 Å². The highest BCUT2D eigenvalue weighted by Gasteiger charge is 2.33. The molecule has 1 aliphatic carbocycles. The molecule has 1 aliphatic heterocycles. The Morgan fingerprint density at radius 3 is 2.73 bits per heavy atom. The fourth-order valence-electron chi connectivity index (χ4n) is 4.31. The Morgan fingerprint density at radius 1 is 1.15 bits per heavy atom. The largest absolute Gasteiger partial charge is 0.497 e. The minimum atomic E-state index is 0.170. The standard InChI is InChI=1S/C19H24N6O/c1-26-14-8-6-12(7-9-14)17-15(10-20-24-17)18-22-16-11-21-25(19(16)23-18)13-4-2-3-5-13/h6-9,11,13,15,17,20,24H,2-5,10H2,1H3,(H,22,23). The number of aromatic amines is 1. The van der Waals surface area contributed by atoms with E-state index < -0.39 is 0 Å². The summed E-state index contributed by atoms with van der Waals surface area (Å²) in [4.78, 5) is 8.45. The zero-order chi connectivity index (χ0) is 17.5. The number of hydrazine groups is 1. The molecule has 1 saturated carbocycles. The number of nitrogens with one attached hydrogen (secondary N) is 3. The maximum Gasteiger partial charge on any atom is 0.176 e. The van der Waals surface area contributed by atoms with Crippen molar-refractivity contribution in [2.45, 2.75) is 43.7 Å². The van der Waals surface area contributed by atoms with Gasteiger partial charge in [0.25, 0.3) is 0 Å². The first-order valence-corrected chi connectivity index (χ1v) is 9.39. The normalized spacial score (nSPS) is 23.9. The van der Waals surface area contributed by atoms with Crippen molar-refractivity contribution in [2.75, 3.05) is 13.7 Å². The predicted octanol–water partition coefficient (Wildman–Crippen LogP) is 2.82. The number of nitrogens with zero attached hydrogens (tertiary/aromatic N) is 3. The van der Waals surface area contributed by atoms with Gasteiger partial charge in [0.1, 0.15) is 17.1 Å². The summed E-state index contributed by atoms with van der Waals surface area (Å²) >= 11 is 0. The van der Waals surface area contributed by atoms with Gasteiger partial charge in [-0.05, 0) is 30.5 Å².